The molecule has 0 saturated carbocycles. The Morgan fingerprint density at radius 1 is 1.12 bits per heavy atom. The number of aromatic nitrogens is 1. The lowest BCUT2D eigenvalue weighted by molar-refractivity contribution is -0.384. The van der Waals surface area contributed by atoms with Crippen molar-refractivity contribution in [3.8, 4) is 17.1 Å². The van der Waals surface area contributed by atoms with Gasteiger partial charge in [-0.2, -0.15) is 0 Å². The third-order valence-corrected chi connectivity index (χ3v) is 7.07. The summed E-state index contributed by atoms with van der Waals surface area (Å²) in [7, 11) is 1.54. The average Bonchev–Trinajstić information content (AvgIpc) is 3.58. The molecule has 1 amide bonds. The molecule has 0 radical (unpaired) electrons. The van der Waals surface area contributed by atoms with Crippen LogP contribution in [0.5, 0.6) is 5.75 Å². The largest absolute Gasteiger partial charge is 0.494 e. The number of amides is 1. The molecule has 2 N–H and O–H groups in total. The van der Waals surface area contributed by atoms with Gasteiger partial charge in [0.25, 0.3) is 5.69 Å². The van der Waals surface area contributed by atoms with E-state index in [2.05, 4.69) is 15.6 Å². The first-order chi connectivity index (χ1) is 19.6. The van der Waals surface area contributed by atoms with Crippen LogP contribution in [0.4, 0.5) is 17.1 Å². The number of anilines is 2. The Kier molecular flexibility index (Phi) is 7.46. The Bertz CT molecular complexity index is 1620. The smallest absolute Gasteiger partial charge is 0.270 e. The Morgan fingerprint density at radius 3 is 2.61 bits per heavy atom. The van der Waals surface area contributed by atoms with E-state index in [-0.39, 0.29) is 17.6 Å². The van der Waals surface area contributed by atoms with Crippen LogP contribution in [-0.4, -0.2) is 28.0 Å². The van der Waals surface area contributed by atoms with Gasteiger partial charge in [0, 0.05) is 41.1 Å². The maximum atomic E-state index is 12.6. The van der Waals surface area contributed by atoms with Crippen molar-refractivity contribution in [1.82, 2.24) is 10.3 Å². The predicted molar refractivity (Wildman–Crippen MR) is 160 cm³/mol. The van der Waals surface area contributed by atoms with Gasteiger partial charge in [0.1, 0.15) is 23.3 Å². The van der Waals surface area contributed by atoms with Crippen LogP contribution in [0.2, 0.25) is 0 Å². The highest BCUT2D eigenvalue weighted by Gasteiger charge is 2.43. The van der Waals surface area contributed by atoms with Crippen LogP contribution in [-0.2, 0) is 4.79 Å². The number of pyridine rings is 1. The molecule has 10 nitrogen and oxygen atoms in total. The van der Waals surface area contributed by atoms with Crippen LogP contribution in [0.3, 0.4) is 0 Å². The Labute approximate surface area is 242 Å². The van der Waals surface area contributed by atoms with Gasteiger partial charge >= 0.3 is 0 Å². The number of nitrogens with zero attached hydrogens (tertiary/aromatic N) is 3. The van der Waals surface area contributed by atoms with Gasteiger partial charge in [0.05, 0.1) is 29.5 Å². The van der Waals surface area contributed by atoms with Gasteiger partial charge in [0.2, 0.25) is 5.91 Å². The Balaban J connectivity index is 1.56. The fraction of sp³-hybridized carbons (Fsp3) is 0.233. The summed E-state index contributed by atoms with van der Waals surface area (Å²) in [5.41, 5.74) is 1.99. The van der Waals surface area contributed by atoms with Crippen LogP contribution < -0.4 is 20.3 Å². The molecule has 4 aromatic rings. The summed E-state index contributed by atoms with van der Waals surface area (Å²) in [6, 6.07) is 20.2. The number of thiocarbonyl (C=S) groups is 1. The van der Waals surface area contributed by atoms with Gasteiger partial charge < -0.3 is 24.7 Å². The normalized spacial score (nSPS) is 16.8. The number of non-ortho nitro benzene ring substituents is 1. The van der Waals surface area contributed by atoms with Gasteiger partial charge in [-0.15, -0.1) is 0 Å². The summed E-state index contributed by atoms with van der Waals surface area (Å²) in [6.07, 6.45) is 1.71. The zero-order valence-corrected chi connectivity index (χ0v) is 23.8. The summed E-state index contributed by atoms with van der Waals surface area (Å²) in [5, 5.41) is 18.1. The SMILES string of the molecule is COc1cc(N2C(=S)N[C@H](c3ccccn3)[C@@H]2c2ccc(-c3cccc([N+](=O)[O-])c3)o2)ccc1NC(=O)C(C)(C)C. The standard InChI is InChI=1S/C30H29N5O5S/c1-30(2,3)28(36)32-21-12-11-19(17-25(21)39-4)34-27(26(33-29(34)41)22-10-5-6-15-31-22)24-14-13-23(40-24)18-8-7-9-20(16-18)35(37)38/h5-17,26-27H,1-4H3,(H,32,36)(H,33,41)/t26-,27+/m1/s1. The summed E-state index contributed by atoms with van der Waals surface area (Å²) < 4.78 is 12.0. The van der Waals surface area contributed by atoms with Crippen molar-refractivity contribution in [1.29, 1.82) is 0 Å². The second kappa shape index (κ2) is 11.0. The summed E-state index contributed by atoms with van der Waals surface area (Å²) >= 11 is 5.81. The van der Waals surface area contributed by atoms with E-state index in [0.717, 1.165) is 5.69 Å². The van der Waals surface area contributed by atoms with Crippen molar-refractivity contribution in [3.05, 3.63) is 101 Å². The second-order valence-electron chi connectivity index (χ2n) is 10.6. The van der Waals surface area contributed by atoms with E-state index in [4.69, 9.17) is 21.4 Å². The van der Waals surface area contributed by atoms with Gasteiger partial charge in [-0.1, -0.05) is 39.0 Å². The third kappa shape index (κ3) is 5.62. The number of methoxy groups -OCH3 is 1. The monoisotopic (exact) mass is 571 g/mol. The highest BCUT2D eigenvalue weighted by molar-refractivity contribution is 7.80. The van der Waals surface area contributed by atoms with E-state index in [1.54, 1.807) is 37.6 Å². The molecule has 5 rings (SSSR count). The minimum atomic E-state index is -0.582. The lowest BCUT2D eigenvalue weighted by atomic mass is 9.95. The first-order valence-corrected chi connectivity index (χ1v) is 13.3. The maximum Gasteiger partial charge on any atom is 0.270 e. The molecule has 1 saturated heterocycles. The number of carbonyl (C=O) groups excluding carboxylic acids is 1. The number of carbonyl (C=O) groups is 1. The highest BCUT2D eigenvalue weighted by Crippen LogP contribution is 2.44. The molecule has 2 aromatic heterocycles. The fourth-order valence-corrected chi connectivity index (χ4v) is 4.95. The van der Waals surface area contributed by atoms with Crippen LogP contribution >= 0.6 is 12.2 Å². The van der Waals surface area contributed by atoms with E-state index < -0.39 is 16.4 Å². The van der Waals surface area contributed by atoms with Crippen molar-refractivity contribution < 1.29 is 18.9 Å². The quantitative estimate of drug-likeness (QED) is 0.147. The molecule has 2 atom stereocenters. The zero-order valence-electron chi connectivity index (χ0n) is 23.0. The third-order valence-electron chi connectivity index (χ3n) is 6.75. The van der Waals surface area contributed by atoms with Gasteiger partial charge in [-0.3, -0.25) is 19.9 Å². The average molecular weight is 572 g/mol. The fourth-order valence-electron chi connectivity index (χ4n) is 4.60. The summed E-state index contributed by atoms with van der Waals surface area (Å²) in [4.78, 5) is 30.0. The number of benzene rings is 2. The maximum absolute atomic E-state index is 12.6. The number of nitro groups is 1. The molecule has 3 heterocycles. The first-order valence-electron chi connectivity index (χ1n) is 12.9. The number of hydrogen-bond donors (Lipinski definition) is 2. The molecular weight excluding hydrogens is 542 g/mol. The van der Waals surface area contributed by atoms with Crippen molar-refractivity contribution in [2.75, 3.05) is 17.3 Å². The van der Waals surface area contributed by atoms with Crippen LogP contribution in [0.1, 0.15) is 44.3 Å². The zero-order chi connectivity index (χ0) is 29.3. The van der Waals surface area contributed by atoms with Crippen LogP contribution in [0, 0.1) is 15.5 Å². The molecule has 41 heavy (non-hydrogen) atoms. The summed E-state index contributed by atoms with van der Waals surface area (Å²) in [6.45, 7) is 5.52. The molecule has 210 valence electrons. The number of ether oxygens (including phenoxy) is 1. The summed E-state index contributed by atoms with van der Waals surface area (Å²) in [5.74, 6) is 1.40. The molecule has 0 bridgehead atoms. The van der Waals surface area contributed by atoms with Gasteiger partial charge in [-0.05, 0) is 48.6 Å². The van der Waals surface area contributed by atoms with E-state index in [1.807, 2.05) is 62.1 Å². The van der Waals surface area contributed by atoms with E-state index in [0.29, 0.717) is 39.3 Å². The lowest BCUT2D eigenvalue weighted by Crippen LogP contribution is -2.30. The molecule has 0 spiro atoms. The van der Waals surface area contributed by atoms with Gasteiger partial charge in [-0.25, -0.2) is 0 Å². The number of furan rings is 1. The van der Waals surface area contributed by atoms with E-state index >= 15 is 0 Å². The number of rotatable bonds is 7. The molecule has 1 aliphatic heterocycles. The molecule has 0 unspecified atom stereocenters. The number of nitrogens with one attached hydrogen (secondary N) is 2. The first kappa shape index (κ1) is 27.8. The topological polar surface area (TPSA) is 123 Å². The van der Waals surface area contributed by atoms with Crippen molar-refractivity contribution in [2.45, 2.75) is 32.9 Å². The molecule has 11 heteroatoms. The minimum absolute atomic E-state index is 0.0251. The molecule has 2 aromatic carbocycles. The number of hydrogen-bond acceptors (Lipinski definition) is 7. The molecule has 1 aliphatic rings. The molecule has 0 aliphatic carbocycles. The van der Waals surface area contributed by atoms with Gasteiger partial charge in [0.15, 0.2) is 5.11 Å². The van der Waals surface area contributed by atoms with Crippen molar-refractivity contribution in [3.63, 3.8) is 0 Å². The van der Waals surface area contributed by atoms with Crippen LogP contribution in [0.15, 0.2) is 83.4 Å². The Morgan fingerprint density at radius 2 is 1.93 bits per heavy atom. The van der Waals surface area contributed by atoms with Crippen molar-refractivity contribution in [2.24, 2.45) is 5.41 Å². The second-order valence-corrected chi connectivity index (χ2v) is 11.0. The molecule has 1 fully saturated rings. The Hall–Kier alpha value is -4.77. The van der Waals surface area contributed by atoms with Crippen LogP contribution in [0.25, 0.3) is 11.3 Å². The van der Waals surface area contributed by atoms with Crippen molar-refractivity contribution >= 4 is 40.3 Å². The molecular formula is C30H29N5O5S. The van der Waals surface area contributed by atoms with E-state index in [9.17, 15) is 14.9 Å². The van der Waals surface area contributed by atoms with E-state index in [1.165, 1.54) is 12.1 Å². The highest BCUT2D eigenvalue weighted by atomic mass is 32.1. The lowest BCUT2D eigenvalue weighted by Gasteiger charge is -2.27. The number of nitro benzene ring substituents is 1. The predicted octanol–water partition coefficient (Wildman–Crippen LogP) is 6.42. The minimum Gasteiger partial charge on any atom is -0.494 e.